The zero-order valence-corrected chi connectivity index (χ0v) is 17.2. The van der Waals surface area contributed by atoms with Gasteiger partial charge in [-0.05, 0) is 53.9 Å². The quantitative estimate of drug-likeness (QED) is 0.382. The molecule has 1 N–H and O–H groups in total. The van der Waals surface area contributed by atoms with Gasteiger partial charge in [-0.3, -0.25) is 15.1 Å². The van der Waals surface area contributed by atoms with Crippen LogP contribution in [0.5, 0.6) is 0 Å². The SMILES string of the molecule is O=C(Nc1nc(-c2ccco2)c(-c2ccncc2)s1)c1ccc(CCBr)cc1. The number of furan rings is 1. The van der Waals surface area contributed by atoms with E-state index in [9.17, 15) is 4.79 Å². The molecule has 7 heteroatoms. The molecule has 4 rings (SSSR count). The number of carbonyl (C=O) groups is 1. The number of nitrogens with one attached hydrogen (secondary N) is 1. The summed E-state index contributed by atoms with van der Waals surface area (Å²) >= 11 is 4.83. The summed E-state index contributed by atoms with van der Waals surface area (Å²) in [6.07, 6.45) is 6.00. The maximum absolute atomic E-state index is 12.6. The first-order valence-electron chi connectivity index (χ1n) is 8.66. The number of benzene rings is 1. The van der Waals surface area contributed by atoms with Crippen LogP contribution >= 0.6 is 27.3 Å². The Bertz CT molecular complexity index is 1060. The van der Waals surface area contributed by atoms with Gasteiger partial charge in [-0.15, -0.1) is 0 Å². The first-order valence-corrected chi connectivity index (χ1v) is 10.6. The lowest BCUT2D eigenvalue weighted by Gasteiger charge is -2.03. The monoisotopic (exact) mass is 453 g/mol. The molecule has 0 spiro atoms. The van der Waals surface area contributed by atoms with E-state index in [1.54, 1.807) is 18.7 Å². The number of carbonyl (C=O) groups excluding carboxylic acids is 1. The topological polar surface area (TPSA) is 68.0 Å². The molecule has 0 aliphatic carbocycles. The number of nitrogens with zero attached hydrogens (tertiary/aromatic N) is 2. The Hall–Kier alpha value is -2.77. The van der Waals surface area contributed by atoms with Crippen molar-refractivity contribution in [1.29, 1.82) is 0 Å². The van der Waals surface area contributed by atoms with E-state index in [4.69, 9.17) is 4.42 Å². The van der Waals surface area contributed by atoms with Gasteiger partial charge in [-0.2, -0.15) is 0 Å². The Labute approximate surface area is 174 Å². The molecule has 140 valence electrons. The number of rotatable bonds is 6. The molecular formula is C21H16BrN3O2S. The second-order valence-electron chi connectivity index (χ2n) is 6.00. The Kier molecular flexibility index (Phi) is 5.64. The van der Waals surface area contributed by atoms with Gasteiger partial charge in [0.15, 0.2) is 10.9 Å². The van der Waals surface area contributed by atoms with Gasteiger partial charge in [0.25, 0.3) is 5.91 Å². The zero-order chi connectivity index (χ0) is 19.3. The molecule has 3 aromatic heterocycles. The molecule has 4 aromatic rings. The molecule has 1 aromatic carbocycles. The molecule has 3 heterocycles. The summed E-state index contributed by atoms with van der Waals surface area (Å²) < 4.78 is 5.53. The van der Waals surface area contributed by atoms with Crippen LogP contribution in [0, 0.1) is 0 Å². The minimum absolute atomic E-state index is 0.189. The van der Waals surface area contributed by atoms with Crippen LogP contribution in [-0.4, -0.2) is 21.2 Å². The van der Waals surface area contributed by atoms with Crippen LogP contribution < -0.4 is 5.32 Å². The molecule has 0 aliphatic rings. The van der Waals surface area contributed by atoms with Gasteiger partial charge in [0.05, 0.1) is 11.1 Å². The maximum Gasteiger partial charge on any atom is 0.257 e. The molecule has 1 amide bonds. The fourth-order valence-corrected chi connectivity index (χ4v) is 4.18. The molecule has 0 aliphatic heterocycles. The van der Waals surface area contributed by atoms with Crippen molar-refractivity contribution in [3.05, 3.63) is 78.3 Å². The average Bonchev–Trinajstić information content (AvgIpc) is 3.39. The fourth-order valence-electron chi connectivity index (χ4n) is 2.75. The van der Waals surface area contributed by atoms with Crippen LogP contribution in [-0.2, 0) is 6.42 Å². The minimum atomic E-state index is -0.189. The Morgan fingerprint density at radius 1 is 1.11 bits per heavy atom. The van der Waals surface area contributed by atoms with Crippen molar-refractivity contribution < 1.29 is 9.21 Å². The lowest BCUT2D eigenvalue weighted by molar-refractivity contribution is 0.102. The van der Waals surface area contributed by atoms with E-state index in [0.29, 0.717) is 22.1 Å². The Balaban J connectivity index is 1.62. The van der Waals surface area contributed by atoms with Gasteiger partial charge >= 0.3 is 0 Å². The number of halogens is 1. The van der Waals surface area contributed by atoms with E-state index >= 15 is 0 Å². The smallest absolute Gasteiger partial charge is 0.257 e. The van der Waals surface area contributed by atoms with Crippen LogP contribution in [0.1, 0.15) is 15.9 Å². The van der Waals surface area contributed by atoms with E-state index in [2.05, 4.69) is 31.2 Å². The number of hydrogen-bond donors (Lipinski definition) is 1. The highest BCUT2D eigenvalue weighted by Gasteiger charge is 2.18. The van der Waals surface area contributed by atoms with Gasteiger partial charge in [-0.1, -0.05) is 39.4 Å². The van der Waals surface area contributed by atoms with E-state index in [-0.39, 0.29) is 5.91 Å². The Morgan fingerprint density at radius 3 is 2.57 bits per heavy atom. The van der Waals surface area contributed by atoms with Crippen molar-refractivity contribution >= 4 is 38.3 Å². The highest BCUT2D eigenvalue weighted by Crippen LogP contribution is 2.39. The highest BCUT2D eigenvalue weighted by molar-refractivity contribution is 9.09. The first kappa shape index (κ1) is 18.6. The van der Waals surface area contributed by atoms with Crippen LogP contribution in [0.4, 0.5) is 5.13 Å². The number of alkyl halides is 1. The third-order valence-electron chi connectivity index (χ3n) is 4.14. The summed E-state index contributed by atoms with van der Waals surface area (Å²) in [5.41, 5.74) is 3.45. The van der Waals surface area contributed by atoms with Crippen molar-refractivity contribution in [2.75, 3.05) is 10.6 Å². The molecule has 28 heavy (non-hydrogen) atoms. The van der Waals surface area contributed by atoms with Crippen molar-refractivity contribution in [1.82, 2.24) is 9.97 Å². The lowest BCUT2D eigenvalue weighted by atomic mass is 10.1. The number of aromatic nitrogens is 2. The molecule has 5 nitrogen and oxygen atoms in total. The van der Waals surface area contributed by atoms with Gasteiger partial charge < -0.3 is 4.42 Å². The van der Waals surface area contributed by atoms with E-state index in [0.717, 1.165) is 22.2 Å². The predicted molar refractivity (Wildman–Crippen MR) is 115 cm³/mol. The summed E-state index contributed by atoms with van der Waals surface area (Å²) in [4.78, 5) is 22.2. The van der Waals surface area contributed by atoms with Crippen LogP contribution in [0.3, 0.4) is 0 Å². The third kappa shape index (κ3) is 4.05. The van der Waals surface area contributed by atoms with Crippen LogP contribution in [0.25, 0.3) is 21.9 Å². The molecule has 0 fully saturated rings. The molecule has 0 saturated heterocycles. The highest BCUT2D eigenvalue weighted by atomic mass is 79.9. The molecule has 0 bridgehead atoms. The van der Waals surface area contributed by atoms with Gasteiger partial charge in [0.1, 0.15) is 5.69 Å². The van der Waals surface area contributed by atoms with Gasteiger partial charge in [0, 0.05) is 23.3 Å². The second-order valence-corrected chi connectivity index (χ2v) is 7.79. The predicted octanol–water partition coefficient (Wildman–Crippen LogP) is 5.65. The average molecular weight is 454 g/mol. The summed E-state index contributed by atoms with van der Waals surface area (Å²) in [6.45, 7) is 0. The number of thiazole rings is 1. The second kappa shape index (κ2) is 8.50. The maximum atomic E-state index is 12.6. The number of pyridine rings is 1. The van der Waals surface area contributed by atoms with Crippen molar-refractivity contribution in [2.24, 2.45) is 0 Å². The van der Waals surface area contributed by atoms with Crippen molar-refractivity contribution in [3.63, 3.8) is 0 Å². The minimum Gasteiger partial charge on any atom is -0.463 e. The van der Waals surface area contributed by atoms with Crippen molar-refractivity contribution in [3.8, 4) is 21.9 Å². The van der Waals surface area contributed by atoms with Crippen molar-refractivity contribution in [2.45, 2.75) is 6.42 Å². The standard InChI is InChI=1S/C21H16BrN3O2S/c22-10-7-14-3-5-16(6-4-14)20(26)25-21-24-18(17-2-1-13-27-17)19(28-21)15-8-11-23-12-9-15/h1-6,8-9,11-13H,7,10H2,(H,24,25,26). The lowest BCUT2D eigenvalue weighted by Crippen LogP contribution is -2.11. The van der Waals surface area contributed by atoms with Crippen LogP contribution in [0.15, 0.2) is 71.6 Å². The Morgan fingerprint density at radius 2 is 1.89 bits per heavy atom. The molecule has 0 radical (unpaired) electrons. The summed E-state index contributed by atoms with van der Waals surface area (Å²) in [7, 11) is 0. The van der Waals surface area contributed by atoms with Gasteiger partial charge in [-0.25, -0.2) is 4.98 Å². The normalized spacial score (nSPS) is 10.8. The third-order valence-corrected chi connectivity index (χ3v) is 5.56. The summed E-state index contributed by atoms with van der Waals surface area (Å²) in [6, 6.07) is 15.1. The van der Waals surface area contributed by atoms with E-state index in [1.807, 2.05) is 48.5 Å². The zero-order valence-electron chi connectivity index (χ0n) is 14.8. The van der Waals surface area contributed by atoms with E-state index in [1.165, 1.54) is 16.9 Å². The molecular weight excluding hydrogens is 438 g/mol. The largest absolute Gasteiger partial charge is 0.463 e. The molecule has 0 atom stereocenters. The fraction of sp³-hybridized carbons (Fsp3) is 0.0952. The summed E-state index contributed by atoms with van der Waals surface area (Å²) in [5.74, 6) is 0.467. The van der Waals surface area contributed by atoms with Gasteiger partial charge in [0.2, 0.25) is 0 Å². The van der Waals surface area contributed by atoms with Crippen LogP contribution in [0.2, 0.25) is 0 Å². The first-order chi connectivity index (χ1) is 13.7. The number of aryl methyl sites for hydroxylation is 1. The number of anilines is 1. The summed E-state index contributed by atoms with van der Waals surface area (Å²) in [5, 5.41) is 4.32. The molecule has 0 saturated carbocycles. The molecule has 0 unspecified atom stereocenters. The van der Waals surface area contributed by atoms with E-state index < -0.39 is 0 Å². The number of hydrogen-bond acceptors (Lipinski definition) is 5. The number of amides is 1.